The molecule has 1 rings (SSSR count). The predicted octanol–water partition coefficient (Wildman–Crippen LogP) is 2.68. The fourth-order valence-electron chi connectivity index (χ4n) is 1.94. The van der Waals surface area contributed by atoms with E-state index in [0.29, 0.717) is 6.04 Å². The van der Waals surface area contributed by atoms with Gasteiger partial charge in [0.05, 0.1) is 5.60 Å². The van der Waals surface area contributed by atoms with E-state index in [0.717, 1.165) is 19.4 Å². The Morgan fingerprint density at radius 3 is 2.53 bits per heavy atom. The van der Waals surface area contributed by atoms with Crippen LogP contribution in [0.5, 0.6) is 0 Å². The van der Waals surface area contributed by atoms with Crippen LogP contribution in [-0.2, 0) is 6.42 Å². The van der Waals surface area contributed by atoms with Gasteiger partial charge in [-0.3, -0.25) is 0 Å². The van der Waals surface area contributed by atoms with E-state index >= 15 is 0 Å². The molecular formula is C15H25NO. The molecule has 0 aliphatic heterocycles. The van der Waals surface area contributed by atoms with Crippen molar-refractivity contribution in [1.82, 2.24) is 5.32 Å². The Morgan fingerprint density at radius 1 is 1.29 bits per heavy atom. The Balaban J connectivity index is 2.51. The normalized spacial score (nSPS) is 14.9. The van der Waals surface area contributed by atoms with Crippen LogP contribution in [0.1, 0.15) is 38.3 Å². The molecule has 0 aliphatic carbocycles. The number of aryl methyl sites for hydroxylation is 1. The molecule has 0 heterocycles. The molecule has 2 nitrogen and oxygen atoms in total. The largest absolute Gasteiger partial charge is 0.390 e. The maximum absolute atomic E-state index is 10.4. The first-order chi connectivity index (χ1) is 7.91. The van der Waals surface area contributed by atoms with E-state index in [4.69, 9.17) is 0 Å². The maximum Gasteiger partial charge on any atom is 0.0672 e. The molecule has 0 spiro atoms. The van der Waals surface area contributed by atoms with Gasteiger partial charge in [-0.2, -0.15) is 0 Å². The summed E-state index contributed by atoms with van der Waals surface area (Å²) in [6.45, 7) is 9.11. The Morgan fingerprint density at radius 2 is 1.94 bits per heavy atom. The van der Waals surface area contributed by atoms with E-state index in [-0.39, 0.29) is 0 Å². The minimum atomic E-state index is -0.631. The Bertz CT molecular complexity index is 345. The van der Waals surface area contributed by atoms with Gasteiger partial charge in [0.1, 0.15) is 0 Å². The summed E-state index contributed by atoms with van der Waals surface area (Å²) in [5.41, 5.74) is 1.86. The number of nitrogens with one attached hydrogen (secondary N) is 1. The second-order valence-corrected chi connectivity index (χ2v) is 5.46. The van der Waals surface area contributed by atoms with Crippen LogP contribution in [0.4, 0.5) is 0 Å². The third-order valence-electron chi connectivity index (χ3n) is 3.05. The quantitative estimate of drug-likeness (QED) is 0.794. The van der Waals surface area contributed by atoms with E-state index in [1.54, 1.807) is 0 Å². The van der Waals surface area contributed by atoms with Crippen LogP contribution in [0.3, 0.4) is 0 Å². The van der Waals surface area contributed by atoms with Crippen LogP contribution in [0.25, 0.3) is 0 Å². The topological polar surface area (TPSA) is 32.3 Å². The molecule has 1 aromatic rings. The summed E-state index contributed by atoms with van der Waals surface area (Å²) >= 11 is 0. The Labute approximate surface area is 105 Å². The van der Waals surface area contributed by atoms with Gasteiger partial charge in [-0.1, -0.05) is 38.1 Å². The first-order valence-corrected chi connectivity index (χ1v) is 6.41. The van der Waals surface area contributed by atoms with Crippen molar-refractivity contribution < 1.29 is 5.11 Å². The van der Waals surface area contributed by atoms with E-state index in [1.807, 2.05) is 19.1 Å². The zero-order chi connectivity index (χ0) is 12.9. The monoisotopic (exact) mass is 235 g/mol. The molecule has 0 fully saturated rings. The van der Waals surface area contributed by atoms with Crippen molar-refractivity contribution in [3.63, 3.8) is 0 Å². The highest BCUT2D eigenvalue weighted by atomic mass is 16.3. The van der Waals surface area contributed by atoms with Gasteiger partial charge in [-0.25, -0.2) is 0 Å². The second-order valence-electron chi connectivity index (χ2n) is 5.46. The van der Waals surface area contributed by atoms with Gasteiger partial charge in [0.25, 0.3) is 0 Å². The summed E-state index contributed by atoms with van der Waals surface area (Å²) in [5, 5.41) is 13.7. The van der Waals surface area contributed by atoms with Crippen molar-refractivity contribution in [3.8, 4) is 0 Å². The Hall–Kier alpha value is -0.860. The molecule has 2 heteroatoms. The SMILES string of the molecule is Cc1ccccc1CC(C)(O)CCNC(C)C. The van der Waals surface area contributed by atoms with E-state index in [9.17, 15) is 5.11 Å². The lowest BCUT2D eigenvalue weighted by Gasteiger charge is -2.25. The van der Waals surface area contributed by atoms with Crippen LogP contribution in [-0.4, -0.2) is 23.3 Å². The third-order valence-corrected chi connectivity index (χ3v) is 3.05. The molecule has 0 aromatic heterocycles. The van der Waals surface area contributed by atoms with Gasteiger partial charge in [-0.05, 0) is 37.9 Å². The molecule has 17 heavy (non-hydrogen) atoms. The zero-order valence-electron chi connectivity index (χ0n) is 11.5. The highest BCUT2D eigenvalue weighted by molar-refractivity contribution is 5.26. The van der Waals surface area contributed by atoms with Crippen LogP contribution in [0.2, 0.25) is 0 Å². The van der Waals surface area contributed by atoms with Crippen LogP contribution in [0, 0.1) is 6.92 Å². The van der Waals surface area contributed by atoms with Crippen LogP contribution >= 0.6 is 0 Å². The number of hydrogen-bond acceptors (Lipinski definition) is 2. The molecule has 1 aromatic carbocycles. The van der Waals surface area contributed by atoms with Crippen molar-refractivity contribution >= 4 is 0 Å². The van der Waals surface area contributed by atoms with Crippen molar-refractivity contribution in [3.05, 3.63) is 35.4 Å². The van der Waals surface area contributed by atoms with Gasteiger partial charge in [-0.15, -0.1) is 0 Å². The van der Waals surface area contributed by atoms with Crippen molar-refractivity contribution in [2.24, 2.45) is 0 Å². The fraction of sp³-hybridized carbons (Fsp3) is 0.600. The second kappa shape index (κ2) is 6.18. The lowest BCUT2D eigenvalue weighted by molar-refractivity contribution is 0.0509. The summed E-state index contributed by atoms with van der Waals surface area (Å²) in [6.07, 6.45) is 1.50. The third kappa shape index (κ3) is 5.33. The van der Waals surface area contributed by atoms with Gasteiger partial charge in [0.15, 0.2) is 0 Å². The van der Waals surface area contributed by atoms with Crippen LogP contribution < -0.4 is 5.32 Å². The minimum absolute atomic E-state index is 0.476. The maximum atomic E-state index is 10.4. The molecule has 0 aliphatic rings. The smallest absolute Gasteiger partial charge is 0.0672 e. The van der Waals surface area contributed by atoms with E-state index in [2.05, 4.69) is 38.2 Å². The molecule has 0 radical (unpaired) electrons. The Kier molecular flexibility index (Phi) is 5.16. The fourth-order valence-corrected chi connectivity index (χ4v) is 1.94. The highest BCUT2D eigenvalue weighted by Crippen LogP contribution is 2.19. The predicted molar refractivity (Wildman–Crippen MR) is 73.3 cm³/mol. The van der Waals surface area contributed by atoms with Crippen molar-refractivity contribution in [1.29, 1.82) is 0 Å². The van der Waals surface area contributed by atoms with Gasteiger partial charge in [0, 0.05) is 12.5 Å². The molecule has 1 unspecified atom stereocenters. The molecule has 96 valence electrons. The molecular weight excluding hydrogens is 210 g/mol. The van der Waals surface area contributed by atoms with Crippen molar-refractivity contribution in [2.45, 2.75) is 52.2 Å². The van der Waals surface area contributed by atoms with Crippen LogP contribution in [0.15, 0.2) is 24.3 Å². The standard InChI is InChI=1S/C15H25NO/c1-12(2)16-10-9-15(4,17)11-14-8-6-5-7-13(14)3/h5-8,12,16-17H,9-11H2,1-4H3. The summed E-state index contributed by atoms with van der Waals surface area (Å²) in [7, 11) is 0. The summed E-state index contributed by atoms with van der Waals surface area (Å²) in [6, 6.07) is 8.74. The molecule has 2 N–H and O–H groups in total. The first kappa shape index (κ1) is 14.2. The van der Waals surface area contributed by atoms with E-state index in [1.165, 1.54) is 11.1 Å². The number of rotatable bonds is 6. The summed E-state index contributed by atoms with van der Waals surface area (Å²) in [4.78, 5) is 0. The summed E-state index contributed by atoms with van der Waals surface area (Å²) in [5.74, 6) is 0. The number of hydrogen-bond donors (Lipinski definition) is 2. The molecule has 1 atom stereocenters. The van der Waals surface area contributed by atoms with E-state index < -0.39 is 5.60 Å². The molecule has 0 saturated carbocycles. The zero-order valence-corrected chi connectivity index (χ0v) is 11.5. The molecule has 0 bridgehead atoms. The molecule has 0 amide bonds. The number of benzene rings is 1. The van der Waals surface area contributed by atoms with Gasteiger partial charge < -0.3 is 10.4 Å². The van der Waals surface area contributed by atoms with Crippen molar-refractivity contribution in [2.75, 3.05) is 6.54 Å². The highest BCUT2D eigenvalue weighted by Gasteiger charge is 2.21. The molecule has 0 saturated heterocycles. The lowest BCUT2D eigenvalue weighted by Crippen LogP contribution is -2.34. The average Bonchev–Trinajstić information content (AvgIpc) is 2.20. The first-order valence-electron chi connectivity index (χ1n) is 6.41. The van der Waals surface area contributed by atoms with Gasteiger partial charge >= 0.3 is 0 Å². The number of aliphatic hydroxyl groups is 1. The lowest BCUT2D eigenvalue weighted by atomic mass is 9.91. The van der Waals surface area contributed by atoms with Gasteiger partial charge in [0.2, 0.25) is 0 Å². The summed E-state index contributed by atoms with van der Waals surface area (Å²) < 4.78 is 0. The average molecular weight is 235 g/mol. The minimum Gasteiger partial charge on any atom is -0.390 e.